The van der Waals surface area contributed by atoms with Gasteiger partial charge in [0, 0.05) is 24.2 Å². The summed E-state index contributed by atoms with van der Waals surface area (Å²) in [6, 6.07) is 10.1. The summed E-state index contributed by atoms with van der Waals surface area (Å²) in [4.78, 5) is 18.8. The van der Waals surface area contributed by atoms with Crippen LogP contribution in [0, 0.1) is 0 Å². The molecule has 1 amide bonds. The van der Waals surface area contributed by atoms with E-state index in [9.17, 15) is 13.2 Å². The van der Waals surface area contributed by atoms with E-state index in [4.69, 9.17) is 20.5 Å². The van der Waals surface area contributed by atoms with Crippen LogP contribution in [0.1, 0.15) is 48.0 Å². The van der Waals surface area contributed by atoms with Crippen LogP contribution in [0.5, 0.6) is 0 Å². The van der Waals surface area contributed by atoms with Gasteiger partial charge in [0.15, 0.2) is 15.7 Å². The number of halogens is 1. The molecule has 176 valence electrons. The van der Waals surface area contributed by atoms with Gasteiger partial charge in [0.1, 0.15) is 11.5 Å². The third kappa shape index (κ3) is 6.21. The summed E-state index contributed by atoms with van der Waals surface area (Å²) >= 11 is 5.81. The van der Waals surface area contributed by atoms with Gasteiger partial charge in [0.2, 0.25) is 0 Å². The van der Waals surface area contributed by atoms with E-state index in [0.717, 1.165) is 18.6 Å². The van der Waals surface area contributed by atoms with Crippen molar-refractivity contribution in [2.75, 3.05) is 13.1 Å². The third-order valence-corrected chi connectivity index (χ3v) is 7.50. The number of nitrogens with zero attached hydrogens (tertiary/aromatic N) is 3. The van der Waals surface area contributed by atoms with Crippen LogP contribution >= 0.6 is 11.6 Å². The molecule has 4 rings (SSSR count). The van der Waals surface area contributed by atoms with Gasteiger partial charge in [-0.05, 0) is 49.2 Å². The van der Waals surface area contributed by atoms with Gasteiger partial charge in [-0.25, -0.2) is 8.42 Å². The molecule has 0 radical (unpaired) electrons. The predicted molar refractivity (Wildman–Crippen MR) is 120 cm³/mol. The van der Waals surface area contributed by atoms with Crippen LogP contribution in [0.3, 0.4) is 0 Å². The van der Waals surface area contributed by atoms with Crippen molar-refractivity contribution in [3.8, 4) is 0 Å². The maximum absolute atomic E-state index is 12.5. The number of carbonyl (C=O) groups excluding carboxylic acids is 1. The van der Waals surface area contributed by atoms with Gasteiger partial charge in [-0.3, -0.25) is 9.69 Å². The molecule has 33 heavy (non-hydrogen) atoms. The number of rotatable bonds is 10. The molecule has 1 N–H and O–H groups in total. The zero-order chi connectivity index (χ0) is 23.3. The van der Waals surface area contributed by atoms with Crippen molar-refractivity contribution in [3.63, 3.8) is 0 Å². The lowest BCUT2D eigenvalue weighted by atomic mass is 10.2. The molecule has 2 aromatic heterocycles. The van der Waals surface area contributed by atoms with Crippen LogP contribution < -0.4 is 5.32 Å². The zero-order valence-electron chi connectivity index (χ0n) is 17.9. The maximum Gasteiger partial charge on any atom is 0.315 e. The van der Waals surface area contributed by atoms with E-state index in [-0.39, 0.29) is 16.6 Å². The van der Waals surface area contributed by atoms with Crippen LogP contribution in [-0.4, -0.2) is 48.5 Å². The van der Waals surface area contributed by atoms with Gasteiger partial charge in [0.25, 0.3) is 0 Å². The number of nitrogens with one attached hydrogen (secondary N) is 1. The van der Waals surface area contributed by atoms with Crippen LogP contribution in [-0.2, 0) is 22.1 Å². The molecule has 1 aromatic carbocycles. The van der Waals surface area contributed by atoms with E-state index in [0.29, 0.717) is 30.7 Å². The molecular weight excluding hydrogens is 468 g/mol. The molecule has 9 nitrogen and oxygen atoms in total. The minimum absolute atomic E-state index is 0.0829. The summed E-state index contributed by atoms with van der Waals surface area (Å²) < 4.78 is 35.5. The van der Waals surface area contributed by atoms with E-state index < -0.39 is 21.5 Å². The van der Waals surface area contributed by atoms with Crippen molar-refractivity contribution in [1.82, 2.24) is 20.4 Å². The number of carbonyl (C=O) groups is 1. The third-order valence-electron chi connectivity index (χ3n) is 5.62. The Hall–Kier alpha value is -2.69. The Kier molecular flexibility index (Phi) is 7.46. The molecule has 11 heteroatoms. The first-order valence-electron chi connectivity index (χ1n) is 10.8. The number of hydrogen-bond donors (Lipinski definition) is 1. The molecular formula is C22H25ClN4O5S. The average Bonchev–Trinajstić information content (AvgIpc) is 3.56. The Bertz CT molecular complexity index is 1160. The number of amides is 1. The van der Waals surface area contributed by atoms with Crippen molar-refractivity contribution in [2.24, 2.45) is 0 Å². The van der Waals surface area contributed by atoms with Gasteiger partial charge >= 0.3 is 11.8 Å². The van der Waals surface area contributed by atoms with E-state index in [1.54, 1.807) is 6.26 Å². The average molecular weight is 493 g/mol. The quantitative estimate of drug-likeness (QED) is 0.457. The highest BCUT2D eigenvalue weighted by atomic mass is 35.5. The van der Waals surface area contributed by atoms with Gasteiger partial charge in [0.05, 0.1) is 17.7 Å². The van der Waals surface area contributed by atoms with E-state index >= 15 is 0 Å². The van der Waals surface area contributed by atoms with Gasteiger partial charge in [-0.1, -0.05) is 29.6 Å². The molecule has 0 aliphatic heterocycles. The first kappa shape index (κ1) is 23.5. The summed E-state index contributed by atoms with van der Waals surface area (Å²) in [5.41, 5.74) is 0. The fourth-order valence-corrected chi connectivity index (χ4v) is 5.25. The number of aromatic nitrogens is 2. The standard InChI is InChI=1S/C22H25ClN4O5S/c23-16-7-9-19(10-8-16)33(29,30)15-20-25-22(32-26-20)21(28)24-11-12-27(17-4-1-2-5-17)14-18-6-3-13-31-18/h3,6-10,13,17H,1-2,4-5,11-12,14-15H2,(H,24,28). The van der Waals surface area contributed by atoms with Crippen LogP contribution in [0.4, 0.5) is 0 Å². The SMILES string of the molecule is O=C(NCCN(Cc1ccco1)C1CCCC1)c1nc(CS(=O)(=O)c2ccc(Cl)cc2)no1. The Balaban J connectivity index is 1.32. The van der Waals surface area contributed by atoms with Crippen molar-refractivity contribution < 1.29 is 22.2 Å². The molecule has 0 bridgehead atoms. The van der Waals surface area contributed by atoms with Crippen molar-refractivity contribution >= 4 is 27.3 Å². The first-order valence-corrected chi connectivity index (χ1v) is 12.8. The first-order chi connectivity index (χ1) is 15.9. The summed E-state index contributed by atoms with van der Waals surface area (Å²) in [6.45, 7) is 1.71. The van der Waals surface area contributed by atoms with Crippen molar-refractivity contribution in [3.05, 3.63) is 65.2 Å². The summed E-state index contributed by atoms with van der Waals surface area (Å²) in [7, 11) is -3.70. The Morgan fingerprint density at radius 3 is 2.64 bits per heavy atom. The molecule has 1 aliphatic carbocycles. The minimum Gasteiger partial charge on any atom is -0.468 e. The highest BCUT2D eigenvalue weighted by Gasteiger charge is 2.24. The second-order valence-corrected chi connectivity index (χ2v) is 10.4. The highest BCUT2D eigenvalue weighted by Crippen LogP contribution is 2.25. The molecule has 1 aliphatic rings. The largest absolute Gasteiger partial charge is 0.468 e. The monoisotopic (exact) mass is 492 g/mol. The molecule has 0 spiro atoms. The Morgan fingerprint density at radius 2 is 1.94 bits per heavy atom. The highest BCUT2D eigenvalue weighted by molar-refractivity contribution is 7.90. The lowest BCUT2D eigenvalue weighted by Gasteiger charge is -2.27. The Labute approximate surface area is 197 Å². The van der Waals surface area contributed by atoms with Crippen LogP contribution in [0.15, 0.2) is 56.5 Å². The summed E-state index contributed by atoms with van der Waals surface area (Å²) in [5, 5.41) is 6.86. The van der Waals surface area contributed by atoms with Gasteiger partial charge in [-0.15, -0.1) is 0 Å². The van der Waals surface area contributed by atoms with E-state index in [1.807, 2.05) is 12.1 Å². The van der Waals surface area contributed by atoms with E-state index in [2.05, 4.69) is 20.4 Å². The molecule has 2 heterocycles. The predicted octanol–water partition coefficient (Wildman–Crippen LogP) is 3.46. The fraction of sp³-hybridized carbons (Fsp3) is 0.409. The lowest BCUT2D eigenvalue weighted by molar-refractivity contribution is 0.0897. The zero-order valence-corrected chi connectivity index (χ0v) is 19.5. The van der Waals surface area contributed by atoms with Crippen molar-refractivity contribution in [2.45, 2.75) is 48.9 Å². The molecule has 1 saturated carbocycles. The molecule has 0 unspecified atom stereocenters. The minimum atomic E-state index is -3.70. The number of benzene rings is 1. The maximum atomic E-state index is 12.5. The number of hydrogen-bond acceptors (Lipinski definition) is 8. The summed E-state index contributed by atoms with van der Waals surface area (Å²) in [5.74, 6) is -0.488. The normalized spacial score (nSPS) is 14.7. The molecule has 0 atom stereocenters. The number of furan rings is 1. The van der Waals surface area contributed by atoms with Crippen LogP contribution in [0.2, 0.25) is 5.02 Å². The molecule has 3 aromatic rings. The summed E-state index contributed by atoms with van der Waals surface area (Å²) in [6.07, 6.45) is 6.32. The second kappa shape index (κ2) is 10.5. The second-order valence-electron chi connectivity index (χ2n) is 7.97. The molecule has 1 fully saturated rings. The van der Waals surface area contributed by atoms with Gasteiger partial charge in [-0.2, -0.15) is 4.98 Å². The van der Waals surface area contributed by atoms with Crippen LogP contribution in [0.25, 0.3) is 0 Å². The lowest BCUT2D eigenvalue weighted by Crippen LogP contribution is -2.39. The fourth-order valence-electron chi connectivity index (χ4n) is 3.95. The van der Waals surface area contributed by atoms with Gasteiger partial charge < -0.3 is 14.3 Å². The topological polar surface area (TPSA) is 119 Å². The molecule has 0 saturated heterocycles. The van der Waals surface area contributed by atoms with E-state index in [1.165, 1.54) is 37.1 Å². The smallest absolute Gasteiger partial charge is 0.315 e. The number of sulfone groups is 1. The Morgan fingerprint density at radius 1 is 1.18 bits per heavy atom. The van der Waals surface area contributed by atoms with Crippen molar-refractivity contribution in [1.29, 1.82) is 0 Å².